The van der Waals surface area contributed by atoms with Gasteiger partial charge in [0.25, 0.3) is 0 Å². The molecule has 0 amide bonds. The summed E-state index contributed by atoms with van der Waals surface area (Å²) in [5, 5.41) is 7.05. The Morgan fingerprint density at radius 3 is 2.38 bits per heavy atom. The zero-order chi connectivity index (χ0) is 14.6. The first kappa shape index (κ1) is 16.3. The SMILES string of the molecule is C1=C(CCNCCNCCCc2ccccc2)CCCC1. The van der Waals surface area contributed by atoms with Gasteiger partial charge in [-0.3, -0.25) is 0 Å². The number of allylic oxidation sites excluding steroid dienone is 1. The van der Waals surface area contributed by atoms with Crippen LogP contribution in [0.5, 0.6) is 0 Å². The highest BCUT2D eigenvalue weighted by atomic mass is 14.9. The zero-order valence-corrected chi connectivity index (χ0v) is 13.2. The first-order valence-electron chi connectivity index (χ1n) is 8.58. The van der Waals surface area contributed by atoms with Gasteiger partial charge in [-0.1, -0.05) is 42.0 Å². The van der Waals surface area contributed by atoms with Gasteiger partial charge >= 0.3 is 0 Å². The Labute approximate surface area is 130 Å². The van der Waals surface area contributed by atoms with Gasteiger partial charge in [-0.05, 0) is 63.6 Å². The fraction of sp³-hybridized carbons (Fsp3) is 0.579. The molecule has 1 aromatic rings. The van der Waals surface area contributed by atoms with E-state index in [-0.39, 0.29) is 0 Å². The Balaban J connectivity index is 1.38. The van der Waals surface area contributed by atoms with Crippen molar-refractivity contribution >= 4 is 0 Å². The van der Waals surface area contributed by atoms with Crippen LogP contribution in [0.2, 0.25) is 0 Å². The molecule has 1 aliphatic rings. The highest BCUT2D eigenvalue weighted by Gasteiger charge is 2.02. The van der Waals surface area contributed by atoms with Gasteiger partial charge < -0.3 is 10.6 Å². The molecule has 0 aliphatic heterocycles. The molecule has 0 aromatic heterocycles. The maximum Gasteiger partial charge on any atom is 0.00768 e. The van der Waals surface area contributed by atoms with Crippen molar-refractivity contribution in [3.8, 4) is 0 Å². The van der Waals surface area contributed by atoms with Crippen LogP contribution in [0.3, 0.4) is 0 Å². The van der Waals surface area contributed by atoms with Crippen LogP contribution in [0.4, 0.5) is 0 Å². The number of hydrogen-bond acceptors (Lipinski definition) is 2. The first-order valence-corrected chi connectivity index (χ1v) is 8.58. The van der Waals surface area contributed by atoms with E-state index < -0.39 is 0 Å². The Morgan fingerprint density at radius 2 is 1.62 bits per heavy atom. The van der Waals surface area contributed by atoms with E-state index in [4.69, 9.17) is 0 Å². The van der Waals surface area contributed by atoms with E-state index in [1.165, 1.54) is 50.5 Å². The standard InChI is InChI=1S/C19H30N2/c1-3-8-18(9-4-1)12-7-14-20-16-17-21-15-13-19-10-5-2-6-11-19/h1,3-4,8-10,20-21H,2,5-7,11-17H2. The van der Waals surface area contributed by atoms with E-state index in [0.717, 1.165) is 26.2 Å². The lowest BCUT2D eigenvalue weighted by atomic mass is 9.97. The normalized spacial score (nSPS) is 15.0. The Morgan fingerprint density at radius 1 is 0.810 bits per heavy atom. The molecule has 0 unspecified atom stereocenters. The van der Waals surface area contributed by atoms with Gasteiger partial charge in [0, 0.05) is 13.1 Å². The third-order valence-corrected chi connectivity index (χ3v) is 4.15. The van der Waals surface area contributed by atoms with Crippen LogP contribution in [-0.2, 0) is 6.42 Å². The molecule has 2 heteroatoms. The van der Waals surface area contributed by atoms with Gasteiger partial charge in [0.1, 0.15) is 0 Å². The number of rotatable bonds is 10. The summed E-state index contributed by atoms with van der Waals surface area (Å²) < 4.78 is 0. The molecule has 1 aromatic carbocycles. The Kier molecular flexibility index (Phi) is 8.19. The van der Waals surface area contributed by atoms with Crippen molar-refractivity contribution in [1.29, 1.82) is 0 Å². The molecule has 0 fully saturated rings. The lowest BCUT2D eigenvalue weighted by Crippen LogP contribution is -2.28. The molecule has 0 radical (unpaired) electrons. The average Bonchev–Trinajstić information content (AvgIpc) is 2.55. The smallest absolute Gasteiger partial charge is 0.00768 e. The van der Waals surface area contributed by atoms with Crippen LogP contribution in [0.25, 0.3) is 0 Å². The highest BCUT2D eigenvalue weighted by Crippen LogP contribution is 2.19. The molecule has 2 rings (SSSR count). The van der Waals surface area contributed by atoms with Gasteiger partial charge in [0.2, 0.25) is 0 Å². The van der Waals surface area contributed by atoms with Crippen molar-refractivity contribution < 1.29 is 0 Å². The molecule has 116 valence electrons. The van der Waals surface area contributed by atoms with Crippen LogP contribution in [0.15, 0.2) is 42.0 Å². The molecule has 0 bridgehead atoms. The fourth-order valence-corrected chi connectivity index (χ4v) is 2.87. The second-order valence-corrected chi connectivity index (χ2v) is 5.95. The molecule has 0 atom stereocenters. The topological polar surface area (TPSA) is 24.1 Å². The summed E-state index contributed by atoms with van der Waals surface area (Å²) in [5.41, 5.74) is 3.11. The van der Waals surface area contributed by atoms with Gasteiger partial charge in [-0.15, -0.1) is 0 Å². The van der Waals surface area contributed by atoms with Crippen LogP contribution < -0.4 is 10.6 Å². The minimum absolute atomic E-state index is 1.08. The first-order chi connectivity index (χ1) is 10.4. The number of hydrogen-bond donors (Lipinski definition) is 2. The minimum Gasteiger partial charge on any atom is -0.315 e. The summed E-state index contributed by atoms with van der Waals surface area (Å²) in [4.78, 5) is 0. The Bertz CT molecular complexity index is 397. The van der Waals surface area contributed by atoms with E-state index in [2.05, 4.69) is 47.0 Å². The van der Waals surface area contributed by atoms with Crippen molar-refractivity contribution in [2.75, 3.05) is 26.2 Å². The van der Waals surface area contributed by atoms with Crippen LogP contribution in [-0.4, -0.2) is 26.2 Å². The predicted octanol–water partition coefficient (Wildman–Crippen LogP) is 3.69. The molecule has 0 heterocycles. The second-order valence-electron chi connectivity index (χ2n) is 5.95. The van der Waals surface area contributed by atoms with Gasteiger partial charge in [0.15, 0.2) is 0 Å². The van der Waals surface area contributed by atoms with Crippen molar-refractivity contribution in [1.82, 2.24) is 10.6 Å². The van der Waals surface area contributed by atoms with Crippen molar-refractivity contribution in [2.45, 2.75) is 44.9 Å². The summed E-state index contributed by atoms with van der Waals surface area (Å²) >= 11 is 0. The molecular formula is C19H30N2. The molecule has 2 nitrogen and oxygen atoms in total. The molecule has 0 saturated heterocycles. The summed E-state index contributed by atoms with van der Waals surface area (Å²) in [6.07, 6.45) is 11.5. The number of benzene rings is 1. The van der Waals surface area contributed by atoms with Gasteiger partial charge in [0.05, 0.1) is 0 Å². The van der Waals surface area contributed by atoms with Crippen molar-refractivity contribution in [3.63, 3.8) is 0 Å². The van der Waals surface area contributed by atoms with Crippen molar-refractivity contribution in [3.05, 3.63) is 47.5 Å². The average molecular weight is 286 g/mol. The summed E-state index contributed by atoms with van der Waals surface area (Å²) in [7, 11) is 0. The summed E-state index contributed by atoms with van der Waals surface area (Å²) in [6, 6.07) is 10.7. The molecular weight excluding hydrogens is 256 g/mol. The summed E-state index contributed by atoms with van der Waals surface area (Å²) in [6.45, 7) is 4.41. The van der Waals surface area contributed by atoms with E-state index in [1.807, 2.05) is 0 Å². The lowest BCUT2D eigenvalue weighted by molar-refractivity contribution is 0.586. The third kappa shape index (κ3) is 7.45. The lowest BCUT2D eigenvalue weighted by Gasteiger charge is -2.13. The van der Waals surface area contributed by atoms with Crippen molar-refractivity contribution in [2.24, 2.45) is 0 Å². The quantitative estimate of drug-likeness (QED) is 0.506. The van der Waals surface area contributed by atoms with E-state index in [0.29, 0.717) is 0 Å². The predicted molar refractivity (Wildman–Crippen MR) is 91.7 cm³/mol. The molecule has 21 heavy (non-hydrogen) atoms. The molecule has 0 spiro atoms. The zero-order valence-electron chi connectivity index (χ0n) is 13.2. The largest absolute Gasteiger partial charge is 0.315 e. The monoisotopic (exact) mass is 286 g/mol. The van der Waals surface area contributed by atoms with Crippen LogP contribution >= 0.6 is 0 Å². The highest BCUT2D eigenvalue weighted by molar-refractivity contribution is 5.14. The minimum atomic E-state index is 1.08. The van der Waals surface area contributed by atoms with Gasteiger partial charge in [-0.25, -0.2) is 0 Å². The second kappa shape index (κ2) is 10.6. The fourth-order valence-electron chi connectivity index (χ4n) is 2.87. The summed E-state index contributed by atoms with van der Waals surface area (Å²) in [5.74, 6) is 0. The number of nitrogens with one attached hydrogen (secondary N) is 2. The third-order valence-electron chi connectivity index (χ3n) is 4.15. The number of aryl methyl sites for hydroxylation is 1. The van der Waals surface area contributed by atoms with E-state index in [1.54, 1.807) is 5.57 Å². The maximum absolute atomic E-state index is 3.54. The van der Waals surface area contributed by atoms with E-state index in [9.17, 15) is 0 Å². The molecule has 2 N–H and O–H groups in total. The maximum atomic E-state index is 3.54. The van der Waals surface area contributed by atoms with Gasteiger partial charge in [-0.2, -0.15) is 0 Å². The Hall–Kier alpha value is -1.12. The molecule has 1 aliphatic carbocycles. The molecule has 0 saturated carbocycles. The van der Waals surface area contributed by atoms with E-state index >= 15 is 0 Å². The van der Waals surface area contributed by atoms with Crippen LogP contribution in [0, 0.1) is 0 Å². The van der Waals surface area contributed by atoms with Crippen LogP contribution in [0.1, 0.15) is 44.1 Å².